The van der Waals surface area contributed by atoms with Gasteiger partial charge in [0.05, 0.1) is 16.8 Å². The minimum absolute atomic E-state index is 0.0667. The molecule has 0 saturated heterocycles. The van der Waals surface area contributed by atoms with Crippen molar-refractivity contribution in [3.8, 4) is 5.75 Å². The predicted molar refractivity (Wildman–Crippen MR) is 115 cm³/mol. The highest BCUT2D eigenvalue weighted by Gasteiger charge is 2.23. The summed E-state index contributed by atoms with van der Waals surface area (Å²) in [6, 6.07) is 13.2. The molecule has 1 N–H and O–H groups in total. The first-order valence-electron chi connectivity index (χ1n) is 10.4. The monoisotopic (exact) mass is 440 g/mol. The second kappa shape index (κ2) is 9.72. The molecule has 1 aromatic heterocycles. The fourth-order valence-electron chi connectivity index (χ4n) is 3.94. The fraction of sp³-hybridized carbons (Fsp3) is 0.292. The minimum atomic E-state index is -3.03. The molecule has 0 bridgehead atoms. The molecule has 0 unspecified atom stereocenters. The number of benzene rings is 2. The molecule has 1 aliphatic carbocycles. The summed E-state index contributed by atoms with van der Waals surface area (Å²) in [7, 11) is 0. The number of esters is 1. The Morgan fingerprint density at radius 3 is 2.59 bits per heavy atom. The molecule has 32 heavy (non-hydrogen) atoms. The van der Waals surface area contributed by atoms with Gasteiger partial charge >= 0.3 is 12.6 Å². The summed E-state index contributed by atoms with van der Waals surface area (Å²) in [6.45, 7) is -3.59. The lowest BCUT2D eigenvalue weighted by atomic mass is 9.97. The average molecular weight is 440 g/mol. The van der Waals surface area contributed by atoms with E-state index in [9.17, 15) is 18.4 Å². The molecule has 0 saturated carbocycles. The maximum absolute atomic E-state index is 13.1. The van der Waals surface area contributed by atoms with Gasteiger partial charge in [-0.1, -0.05) is 36.8 Å². The lowest BCUT2D eigenvalue weighted by Crippen LogP contribution is -2.22. The lowest BCUT2D eigenvalue weighted by Gasteiger charge is -2.15. The van der Waals surface area contributed by atoms with E-state index in [1.165, 1.54) is 18.2 Å². The van der Waals surface area contributed by atoms with Gasteiger partial charge in [-0.05, 0) is 49.4 Å². The number of nitrogens with one attached hydrogen (secondary N) is 1. The van der Waals surface area contributed by atoms with Gasteiger partial charge in [-0.2, -0.15) is 8.78 Å². The molecular weight excluding hydrogens is 418 g/mol. The van der Waals surface area contributed by atoms with Crippen LogP contribution in [0.2, 0.25) is 0 Å². The summed E-state index contributed by atoms with van der Waals surface area (Å²) >= 11 is 0. The van der Waals surface area contributed by atoms with E-state index in [-0.39, 0.29) is 11.4 Å². The van der Waals surface area contributed by atoms with Crippen LogP contribution in [-0.4, -0.2) is 30.1 Å². The Kier molecular flexibility index (Phi) is 6.58. The van der Waals surface area contributed by atoms with Crippen molar-refractivity contribution in [1.82, 2.24) is 4.98 Å². The second-order valence-electron chi connectivity index (χ2n) is 7.49. The van der Waals surface area contributed by atoms with Crippen molar-refractivity contribution in [2.75, 3.05) is 11.9 Å². The molecule has 1 aliphatic rings. The van der Waals surface area contributed by atoms with Crippen LogP contribution in [0.3, 0.4) is 0 Å². The fourth-order valence-corrected chi connectivity index (χ4v) is 3.94. The normalized spacial score (nSPS) is 13.3. The van der Waals surface area contributed by atoms with Gasteiger partial charge in [0.15, 0.2) is 6.61 Å². The number of nitrogens with zero attached hydrogens (tertiary/aromatic N) is 1. The number of fused-ring (bicyclic) bond motifs is 2. The van der Waals surface area contributed by atoms with Gasteiger partial charge in [-0.15, -0.1) is 0 Å². The van der Waals surface area contributed by atoms with Gasteiger partial charge < -0.3 is 14.8 Å². The van der Waals surface area contributed by atoms with Crippen LogP contribution in [0.15, 0.2) is 48.5 Å². The van der Waals surface area contributed by atoms with Crippen LogP contribution in [0.25, 0.3) is 10.9 Å². The van der Waals surface area contributed by atoms with Crippen LogP contribution in [0.1, 0.15) is 40.9 Å². The zero-order valence-corrected chi connectivity index (χ0v) is 17.3. The Morgan fingerprint density at radius 2 is 1.75 bits per heavy atom. The summed E-state index contributed by atoms with van der Waals surface area (Å²) < 4.78 is 34.9. The molecule has 8 heteroatoms. The average Bonchev–Trinajstić information content (AvgIpc) is 3.02. The highest BCUT2D eigenvalue weighted by molar-refractivity contribution is 6.06. The number of halogens is 2. The van der Waals surface area contributed by atoms with Crippen molar-refractivity contribution < 1.29 is 27.8 Å². The van der Waals surface area contributed by atoms with Crippen molar-refractivity contribution in [1.29, 1.82) is 0 Å². The molecule has 0 radical (unpaired) electrons. The SMILES string of the molecule is O=C(COC(=O)c1c2c(nc3ccccc13)CCCCC2)Nc1ccccc1OC(F)F. The summed E-state index contributed by atoms with van der Waals surface area (Å²) in [5.41, 5.74) is 3.00. The third kappa shape index (κ3) is 4.85. The first-order chi connectivity index (χ1) is 15.5. The largest absolute Gasteiger partial charge is 0.452 e. The number of aryl methyl sites for hydroxylation is 1. The third-order valence-electron chi connectivity index (χ3n) is 5.33. The molecule has 1 heterocycles. The van der Waals surface area contributed by atoms with E-state index < -0.39 is 25.1 Å². The standard InChI is InChI=1S/C24H22F2N2O4/c25-24(26)32-20-13-7-6-12-19(20)28-21(29)14-31-23(30)22-15-8-2-1-3-10-17(15)27-18-11-5-4-9-16(18)22/h4-7,9,11-13,24H,1-3,8,10,14H2,(H,28,29). The molecule has 2 aromatic carbocycles. The van der Waals surface area contributed by atoms with Crippen molar-refractivity contribution in [3.05, 3.63) is 65.4 Å². The van der Waals surface area contributed by atoms with E-state index in [2.05, 4.69) is 10.1 Å². The molecule has 4 rings (SSSR count). The number of para-hydroxylation sites is 3. The van der Waals surface area contributed by atoms with E-state index in [1.54, 1.807) is 6.07 Å². The Morgan fingerprint density at radius 1 is 1.00 bits per heavy atom. The number of ether oxygens (including phenoxy) is 2. The number of hydrogen-bond donors (Lipinski definition) is 1. The smallest absolute Gasteiger partial charge is 0.387 e. The van der Waals surface area contributed by atoms with Crippen LogP contribution in [0, 0.1) is 0 Å². The van der Waals surface area contributed by atoms with Gasteiger partial charge in [-0.3, -0.25) is 9.78 Å². The van der Waals surface area contributed by atoms with Crippen molar-refractivity contribution in [2.24, 2.45) is 0 Å². The predicted octanol–water partition coefficient (Wildman–Crippen LogP) is 4.90. The minimum Gasteiger partial charge on any atom is -0.452 e. The molecule has 0 spiro atoms. The van der Waals surface area contributed by atoms with Gasteiger partial charge in [0, 0.05) is 11.1 Å². The topological polar surface area (TPSA) is 77.5 Å². The van der Waals surface area contributed by atoms with Gasteiger partial charge in [0.25, 0.3) is 5.91 Å². The maximum Gasteiger partial charge on any atom is 0.387 e. The van der Waals surface area contributed by atoms with E-state index in [0.717, 1.165) is 43.4 Å². The second-order valence-corrected chi connectivity index (χ2v) is 7.49. The van der Waals surface area contributed by atoms with E-state index in [1.807, 2.05) is 24.3 Å². The highest BCUT2D eigenvalue weighted by atomic mass is 19.3. The summed E-state index contributed by atoms with van der Waals surface area (Å²) in [5.74, 6) is -1.44. The molecule has 6 nitrogen and oxygen atoms in total. The lowest BCUT2D eigenvalue weighted by molar-refractivity contribution is -0.119. The van der Waals surface area contributed by atoms with Crippen LogP contribution in [0.4, 0.5) is 14.5 Å². The van der Waals surface area contributed by atoms with Crippen molar-refractivity contribution in [3.63, 3.8) is 0 Å². The van der Waals surface area contributed by atoms with Gasteiger partial charge in [0.2, 0.25) is 0 Å². The molecule has 1 amide bonds. The van der Waals surface area contributed by atoms with Gasteiger partial charge in [0.1, 0.15) is 5.75 Å². The van der Waals surface area contributed by atoms with Crippen LogP contribution in [-0.2, 0) is 22.4 Å². The first-order valence-corrected chi connectivity index (χ1v) is 10.4. The molecule has 166 valence electrons. The number of anilines is 1. The number of pyridine rings is 1. The number of alkyl halides is 2. The van der Waals surface area contributed by atoms with E-state index >= 15 is 0 Å². The van der Waals surface area contributed by atoms with Crippen LogP contribution in [0.5, 0.6) is 5.75 Å². The number of amides is 1. The number of carbonyl (C=O) groups is 2. The summed E-state index contributed by atoms with van der Waals surface area (Å²) in [6.07, 6.45) is 4.54. The molecular formula is C24H22F2N2O4. The highest BCUT2D eigenvalue weighted by Crippen LogP contribution is 2.29. The van der Waals surface area contributed by atoms with Crippen molar-refractivity contribution in [2.45, 2.75) is 38.7 Å². The molecule has 0 aliphatic heterocycles. The van der Waals surface area contributed by atoms with Gasteiger partial charge in [-0.25, -0.2) is 4.79 Å². The Hall–Kier alpha value is -3.55. The van der Waals surface area contributed by atoms with Crippen LogP contribution < -0.4 is 10.1 Å². The Bertz CT molecular complexity index is 1150. The quantitative estimate of drug-likeness (QED) is 0.436. The maximum atomic E-state index is 13.1. The van der Waals surface area contributed by atoms with E-state index in [0.29, 0.717) is 16.5 Å². The molecule has 0 atom stereocenters. The third-order valence-corrected chi connectivity index (χ3v) is 5.33. The molecule has 3 aromatic rings. The summed E-state index contributed by atoms with van der Waals surface area (Å²) in [4.78, 5) is 30.1. The zero-order chi connectivity index (χ0) is 22.5. The summed E-state index contributed by atoms with van der Waals surface area (Å²) in [5, 5.41) is 3.13. The zero-order valence-electron chi connectivity index (χ0n) is 17.3. The Balaban J connectivity index is 1.53. The number of aromatic nitrogens is 1. The Labute approximate surface area is 183 Å². The number of hydrogen-bond acceptors (Lipinski definition) is 5. The van der Waals surface area contributed by atoms with Crippen molar-refractivity contribution >= 4 is 28.5 Å². The van der Waals surface area contributed by atoms with Crippen LogP contribution >= 0.6 is 0 Å². The number of carbonyl (C=O) groups excluding carboxylic acids is 2. The van der Waals surface area contributed by atoms with E-state index in [4.69, 9.17) is 9.72 Å². The first kappa shape index (κ1) is 21.7. The molecule has 0 fully saturated rings. The number of rotatable bonds is 6.